The lowest BCUT2D eigenvalue weighted by atomic mass is 9.82. The van der Waals surface area contributed by atoms with Gasteiger partial charge in [-0.15, -0.1) is 11.6 Å². The van der Waals surface area contributed by atoms with E-state index in [1.54, 1.807) is 6.07 Å². The number of halogens is 1. The third-order valence-electron chi connectivity index (χ3n) is 5.58. The number of anilines is 1. The van der Waals surface area contributed by atoms with Gasteiger partial charge in [0.05, 0.1) is 0 Å². The zero-order chi connectivity index (χ0) is 25.2. The Morgan fingerprint density at radius 3 is 2.43 bits per heavy atom. The van der Waals surface area contributed by atoms with Gasteiger partial charge in [0, 0.05) is 17.3 Å². The molecule has 0 aliphatic carbocycles. The van der Waals surface area contributed by atoms with Gasteiger partial charge in [-0.05, 0) is 55.5 Å². The molecule has 0 saturated carbocycles. The summed E-state index contributed by atoms with van der Waals surface area (Å²) in [4.78, 5) is 17.6. The maximum atomic E-state index is 12.7. The molecule has 2 heterocycles. The van der Waals surface area contributed by atoms with Crippen LogP contribution in [0.15, 0.2) is 79.0 Å². The smallest absolute Gasteiger partial charge is 0.334 e. The number of rotatable bonds is 7. The third-order valence-corrected chi connectivity index (χ3v) is 6.01. The second kappa shape index (κ2) is 9.74. The van der Waals surface area contributed by atoms with Gasteiger partial charge in [-0.3, -0.25) is 4.40 Å². The third kappa shape index (κ3) is 6.04. The molecule has 5 nitrogen and oxygen atoms in total. The minimum Gasteiger partial charge on any atom is -0.425 e. The van der Waals surface area contributed by atoms with Crippen LogP contribution in [0.4, 0.5) is 5.82 Å². The number of hydrogen-bond acceptors (Lipinski definition) is 4. The summed E-state index contributed by atoms with van der Waals surface area (Å²) in [6.07, 6.45) is 2.97. The van der Waals surface area contributed by atoms with Crippen molar-refractivity contribution < 1.29 is 9.53 Å². The maximum absolute atomic E-state index is 12.7. The highest BCUT2D eigenvalue weighted by Gasteiger charge is 2.28. The van der Waals surface area contributed by atoms with E-state index in [-0.39, 0.29) is 11.0 Å². The Kier molecular flexibility index (Phi) is 6.91. The monoisotopic (exact) mass is 489 g/mol. The van der Waals surface area contributed by atoms with Gasteiger partial charge in [0.1, 0.15) is 22.9 Å². The summed E-state index contributed by atoms with van der Waals surface area (Å²) >= 11 is 6.37. The van der Waals surface area contributed by atoms with Crippen molar-refractivity contribution in [2.24, 2.45) is 5.41 Å². The number of esters is 1. The zero-order valence-corrected chi connectivity index (χ0v) is 21.6. The molecule has 35 heavy (non-hydrogen) atoms. The van der Waals surface area contributed by atoms with E-state index in [9.17, 15) is 4.79 Å². The molecule has 2 aromatic heterocycles. The number of aromatic nitrogens is 2. The highest BCUT2D eigenvalue weighted by atomic mass is 35.5. The quantitative estimate of drug-likeness (QED) is 0.166. The molecule has 1 unspecified atom stereocenters. The number of nitrogens with zero attached hydrogens (tertiary/aromatic N) is 2. The fourth-order valence-corrected chi connectivity index (χ4v) is 4.83. The van der Waals surface area contributed by atoms with Crippen molar-refractivity contribution in [2.45, 2.75) is 52.0 Å². The van der Waals surface area contributed by atoms with Crippen LogP contribution in [0.3, 0.4) is 0 Å². The van der Waals surface area contributed by atoms with Crippen LogP contribution in [-0.2, 0) is 4.79 Å². The van der Waals surface area contributed by atoms with E-state index in [0.717, 1.165) is 29.1 Å². The van der Waals surface area contributed by atoms with Crippen LogP contribution in [0, 0.1) is 5.41 Å². The summed E-state index contributed by atoms with van der Waals surface area (Å²) < 4.78 is 7.71. The number of hydrogen-bond donors (Lipinski definition) is 1. The van der Waals surface area contributed by atoms with Gasteiger partial charge < -0.3 is 10.1 Å². The van der Waals surface area contributed by atoms with Crippen molar-refractivity contribution >= 4 is 29.0 Å². The van der Waals surface area contributed by atoms with Crippen molar-refractivity contribution in [1.82, 2.24) is 9.38 Å². The second-order valence-corrected chi connectivity index (χ2v) is 11.1. The lowest BCUT2D eigenvalue weighted by Gasteiger charge is -2.34. The molecule has 0 radical (unpaired) electrons. The first kappa shape index (κ1) is 24.8. The molecule has 4 rings (SSSR count). The van der Waals surface area contributed by atoms with Gasteiger partial charge in [-0.1, -0.05) is 69.3 Å². The van der Waals surface area contributed by atoms with Crippen molar-refractivity contribution in [3.63, 3.8) is 0 Å². The normalized spacial score (nSPS) is 13.0. The molecule has 0 amide bonds. The maximum Gasteiger partial charge on any atom is 0.334 e. The number of benzene rings is 2. The van der Waals surface area contributed by atoms with Crippen molar-refractivity contribution in [3.8, 4) is 17.0 Å². The standard InChI is InChI=1S/C29H32ClN3O2/c1-28(2,3)19-29(4,5)32-26-25(31-23-16-9-10-17-33(23)26)21-14-11-15-22(18-21)35-27(34)24(30)20-12-7-6-8-13-20/h6-18,24,32H,19H2,1-5H3. The van der Waals surface area contributed by atoms with E-state index in [2.05, 4.69) is 44.3 Å². The van der Waals surface area contributed by atoms with Crippen molar-refractivity contribution in [3.05, 3.63) is 84.6 Å². The number of ether oxygens (including phenoxy) is 1. The predicted molar refractivity (Wildman–Crippen MR) is 143 cm³/mol. The predicted octanol–water partition coefficient (Wildman–Crippen LogP) is 7.51. The van der Waals surface area contributed by atoms with E-state index in [4.69, 9.17) is 21.3 Å². The van der Waals surface area contributed by atoms with E-state index >= 15 is 0 Å². The largest absolute Gasteiger partial charge is 0.425 e. The van der Waals surface area contributed by atoms with Crippen LogP contribution in [0.1, 0.15) is 52.0 Å². The highest BCUT2D eigenvalue weighted by molar-refractivity contribution is 6.30. The molecule has 0 bridgehead atoms. The van der Waals surface area contributed by atoms with Gasteiger partial charge in [-0.25, -0.2) is 9.78 Å². The van der Waals surface area contributed by atoms with Crippen LogP contribution in [0.2, 0.25) is 0 Å². The first-order chi connectivity index (χ1) is 16.5. The minimum atomic E-state index is -0.884. The Labute approximate surface area is 212 Å². The molecule has 0 aliphatic heterocycles. The fourth-order valence-electron chi connectivity index (χ4n) is 4.64. The Morgan fingerprint density at radius 2 is 1.71 bits per heavy atom. The average Bonchev–Trinajstić information content (AvgIpc) is 3.15. The van der Waals surface area contributed by atoms with E-state index in [0.29, 0.717) is 11.3 Å². The summed E-state index contributed by atoms with van der Waals surface area (Å²) in [5, 5.41) is 2.85. The van der Waals surface area contributed by atoms with Gasteiger partial charge in [0.15, 0.2) is 5.38 Å². The number of pyridine rings is 1. The molecule has 4 aromatic rings. The highest BCUT2D eigenvalue weighted by Crippen LogP contribution is 2.36. The molecule has 0 spiro atoms. The Bertz CT molecular complexity index is 1320. The van der Waals surface area contributed by atoms with Crippen LogP contribution in [0.25, 0.3) is 16.9 Å². The Balaban J connectivity index is 1.66. The molecular weight excluding hydrogens is 458 g/mol. The lowest BCUT2D eigenvalue weighted by Crippen LogP contribution is -2.36. The number of nitrogens with one attached hydrogen (secondary N) is 1. The molecule has 0 fully saturated rings. The summed E-state index contributed by atoms with van der Waals surface area (Å²) in [6.45, 7) is 11.1. The Hall–Kier alpha value is -3.31. The number of carbonyl (C=O) groups is 1. The van der Waals surface area contributed by atoms with E-state index in [1.807, 2.05) is 72.9 Å². The molecule has 1 N–H and O–H groups in total. The van der Waals surface area contributed by atoms with Crippen molar-refractivity contribution in [1.29, 1.82) is 0 Å². The molecule has 0 saturated heterocycles. The van der Waals surface area contributed by atoms with E-state index in [1.165, 1.54) is 0 Å². The number of alkyl halides is 1. The zero-order valence-electron chi connectivity index (χ0n) is 20.9. The van der Waals surface area contributed by atoms with Crippen molar-refractivity contribution in [2.75, 3.05) is 5.32 Å². The number of imidazole rings is 1. The fraction of sp³-hybridized carbons (Fsp3) is 0.310. The number of fused-ring (bicyclic) bond motifs is 1. The SMILES string of the molecule is CC(C)(C)CC(C)(C)Nc1c(-c2cccc(OC(=O)C(Cl)c3ccccc3)c2)nc2ccccn12. The summed E-state index contributed by atoms with van der Waals surface area (Å²) in [7, 11) is 0. The van der Waals surface area contributed by atoms with Gasteiger partial charge in [0.2, 0.25) is 0 Å². The van der Waals surface area contributed by atoms with Crippen LogP contribution in [-0.4, -0.2) is 20.9 Å². The summed E-state index contributed by atoms with van der Waals surface area (Å²) in [5.74, 6) is 0.804. The van der Waals surface area contributed by atoms with Gasteiger partial charge in [-0.2, -0.15) is 0 Å². The summed E-state index contributed by atoms with van der Waals surface area (Å²) in [5.41, 5.74) is 3.15. The first-order valence-electron chi connectivity index (χ1n) is 11.8. The van der Waals surface area contributed by atoms with Crippen LogP contribution >= 0.6 is 11.6 Å². The minimum absolute atomic E-state index is 0.155. The van der Waals surface area contributed by atoms with Crippen LogP contribution in [0.5, 0.6) is 5.75 Å². The Morgan fingerprint density at radius 1 is 1.00 bits per heavy atom. The molecule has 182 valence electrons. The number of carbonyl (C=O) groups excluding carboxylic acids is 1. The lowest BCUT2D eigenvalue weighted by molar-refractivity contribution is -0.134. The molecule has 2 aromatic carbocycles. The summed E-state index contributed by atoms with van der Waals surface area (Å²) in [6, 6.07) is 22.5. The second-order valence-electron chi connectivity index (χ2n) is 10.7. The average molecular weight is 490 g/mol. The van der Waals surface area contributed by atoms with Crippen LogP contribution < -0.4 is 10.1 Å². The first-order valence-corrected chi connectivity index (χ1v) is 12.2. The van der Waals surface area contributed by atoms with E-state index < -0.39 is 11.3 Å². The molecule has 0 aliphatic rings. The molecule has 1 atom stereocenters. The molecule has 6 heteroatoms. The molecular formula is C29H32ClN3O2. The van der Waals surface area contributed by atoms with Gasteiger partial charge in [0.25, 0.3) is 0 Å². The topological polar surface area (TPSA) is 55.6 Å². The van der Waals surface area contributed by atoms with Gasteiger partial charge >= 0.3 is 5.97 Å².